The Kier molecular flexibility index (Phi) is 5.71. The van der Waals surface area contributed by atoms with Crippen molar-refractivity contribution >= 4 is 17.5 Å². The molecular formula is C15H20N2O4. The van der Waals surface area contributed by atoms with Crippen molar-refractivity contribution < 1.29 is 19.4 Å². The molecule has 1 unspecified atom stereocenters. The molecule has 1 fully saturated rings. The van der Waals surface area contributed by atoms with Gasteiger partial charge in [-0.3, -0.25) is 9.59 Å². The van der Waals surface area contributed by atoms with E-state index in [9.17, 15) is 9.59 Å². The monoisotopic (exact) mass is 292 g/mol. The largest absolute Gasteiger partial charge is 0.396 e. The zero-order valence-electron chi connectivity index (χ0n) is 11.8. The van der Waals surface area contributed by atoms with E-state index in [1.54, 1.807) is 24.3 Å². The van der Waals surface area contributed by atoms with Crippen molar-refractivity contribution in [2.45, 2.75) is 25.4 Å². The van der Waals surface area contributed by atoms with Crippen molar-refractivity contribution in [1.29, 1.82) is 0 Å². The lowest BCUT2D eigenvalue weighted by atomic mass is 10.1. The number of aliphatic hydroxyl groups excluding tert-OH is 1. The van der Waals surface area contributed by atoms with E-state index in [-0.39, 0.29) is 18.4 Å². The SMILES string of the molecule is O=C(NCCCO)c1cccc(NC(=O)C2CCCO2)c1. The molecule has 1 saturated heterocycles. The van der Waals surface area contributed by atoms with Crippen LogP contribution in [0.4, 0.5) is 5.69 Å². The van der Waals surface area contributed by atoms with Crippen LogP contribution in [0, 0.1) is 0 Å². The second-order valence-corrected chi connectivity index (χ2v) is 4.90. The molecule has 0 radical (unpaired) electrons. The van der Waals surface area contributed by atoms with Gasteiger partial charge in [-0.25, -0.2) is 0 Å². The number of hydrogen-bond donors (Lipinski definition) is 3. The molecule has 0 bridgehead atoms. The lowest BCUT2D eigenvalue weighted by molar-refractivity contribution is -0.124. The molecule has 6 nitrogen and oxygen atoms in total. The van der Waals surface area contributed by atoms with E-state index < -0.39 is 6.10 Å². The fourth-order valence-corrected chi connectivity index (χ4v) is 2.13. The number of aliphatic hydroxyl groups is 1. The Balaban J connectivity index is 1.93. The Morgan fingerprint density at radius 1 is 1.38 bits per heavy atom. The van der Waals surface area contributed by atoms with Gasteiger partial charge in [-0.1, -0.05) is 6.07 Å². The summed E-state index contributed by atoms with van der Waals surface area (Å²) in [6.45, 7) is 1.07. The third kappa shape index (κ3) is 4.54. The third-order valence-corrected chi connectivity index (χ3v) is 3.23. The molecule has 0 saturated carbocycles. The molecule has 21 heavy (non-hydrogen) atoms. The van der Waals surface area contributed by atoms with E-state index in [1.165, 1.54) is 0 Å². The second kappa shape index (κ2) is 7.75. The average molecular weight is 292 g/mol. The summed E-state index contributed by atoms with van der Waals surface area (Å²) < 4.78 is 5.32. The molecule has 6 heteroatoms. The predicted molar refractivity (Wildman–Crippen MR) is 78.1 cm³/mol. The number of anilines is 1. The molecule has 1 atom stereocenters. The number of hydrogen-bond acceptors (Lipinski definition) is 4. The van der Waals surface area contributed by atoms with Crippen LogP contribution in [0.25, 0.3) is 0 Å². The first-order chi connectivity index (χ1) is 10.2. The van der Waals surface area contributed by atoms with Crippen molar-refractivity contribution in [2.75, 3.05) is 25.1 Å². The number of ether oxygens (including phenoxy) is 1. The first-order valence-electron chi connectivity index (χ1n) is 7.12. The highest BCUT2D eigenvalue weighted by atomic mass is 16.5. The molecule has 1 heterocycles. The standard InChI is InChI=1S/C15H20N2O4/c18-8-3-7-16-14(19)11-4-1-5-12(10-11)17-15(20)13-6-2-9-21-13/h1,4-5,10,13,18H,2-3,6-9H2,(H,16,19)(H,17,20). The van der Waals surface area contributed by atoms with Gasteiger partial charge in [-0.15, -0.1) is 0 Å². The molecule has 1 aromatic rings. The Morgan fingerprint density at radius 2 is 2.24 bits per heavy atom. The van der Waals surface area contributed by atoms with Crippen LogP contribution in [0.3, 0.4) is 0 Å². The maximum atomic E-state index is 11.9. The zero-order chi connectivity index (χ0) is 15.1. The van der Waals surface area contributed by atoms with Crippen LogP contribution in [-0.4, -0.2) is 42.8 Å². The summed E-state index contributed by atoms with van der Waals surface area (Å²) in [4.78, 5) is 23.8. The topological polar surface area (TPSA) is 87.7 Å². The molecule has 114 valence electrons. The molecular weight excluding hydrogens is 272 g/mol. The van der Waals surface area contributed by atoms with E-state index in [0.717, 1.165) is 12.8 Å². The number of carbonyl (C=O) groups excluding carboxylic acids is 2. The third-order valence-electron chi connectivity index (χ3n) is 3.23. The van der Waals surface area contributed by atoms with Gasteiger partial charge in [0, 0.05) is 31.0 Å². The number of nitrogens with one attached hydrogen (secondary N) is 2. The molecule has 0 spiro atoms. The van der Waals surface area contributed by atoms with E-state index in [1.807, 2.05) is 0 Å². The predicted octanol–water partition coefficient (Wildman–Crippen LogP) is 0.916. The molecule has 1 aromatic carbocycles. The lowest BCUT2D eigenvalue weighted by Gasteiger charge is -2.11. The Labute approximate surface area is 123 Å². The molecule has 3 N–H and O–H groups in total. The van der Waals surface area contributed by atoms with Crippen molar-refractivity contribution in [3.05, 3.63) is 29.8 Å². The summed E-state index contributed by atoms with van der Waals surface area (Å²) in [5.41, 5.74) is 1.04. The summed E-state index contributed by atoms with van der Waals surface area (Å²) in [5, 5.41) is 14.1. The summed E-state index contributed by atoms with van der Waals surface area (Å²) in [6.07, 6.45) is 1.74. The Hall–Kier alpha value is -1.92. The maximum absolute atomic E-state index is 11.9. The van der Waals surface area contributed by atoms with E-state index >= 15 is 0 Å². The first-order valence-corrected chi connectivity index (χ1v) is 7.12. The van der Waals surface area contributed by atoms with Crippen LogP contribution in [0.2, 0.25) is 0 Å². The van der Waals surface area contributed by atoms with Crippen LogP contribution in [0.5, 0.6) is 0 Å². The number of rotatable bonds is 6. The van der Waals surface area contributed by atoms with Crippen LogP contribution < -0.4 is 10.6 Å². The van der Waals surface area contributed by atoms with Crippen LogP contribution >= 0.6 is 0 Å². The first kappa shape index (κ1) is 15.5. The summed E-state index contributed by atoms with van der Waals surface area (Å²) in [7, 11) is 0. The summed E-state index contributed by atoms with van der Waals surface area (Å²) >= 11 is 0. The van der Waals surface area contributed by atoms with Crippen LogP contribution in [0.15, 0.2) is 24.3 Å². The number of carbonyl (C=O) groups is 2. The van der Waals surface area contributed by atoms with Crippen molar-refractivity contribution in [2.24, 2.45) is 0 Å². The highest BCUT2D eigenvalue weighted by molar-refractivity contribution is 5.98. The molecule has 1 aliphatic heterocycles. The lowest BCUT2D eigenvalue weighted by Crippen LogP contribution is -2.27. The van der Waals surface area contributed by atoms with E-state index in [2.05, 4.69) is 10.6 Å². The summed E-state index contributed by atoms with van der Waals surface area (Å²) in [5.74, 6) is -0.401. The van der Waals surface area contributed by atoms with Crippen LogP contribution in [0.1, 0.15) is 29.6 Å². The summed E-state index contributed by atoms with van der Waals surface area (Å²) in [6, 6.07) is 6.75. The van der Waals surface area contributed by atoms with Gasteiger partial charge in [0.15, 0.2) is 0 Å². The van der Waals surface area contributed by atoms with Gasteiger partial charge >= 0.3 is 0 Å². The second-order valence-electron chi connectivity index (χ2n) is 4.90. The van der Waals surface area contributed by atoms with Crippen molar-refractivity contribution in [3.63, 3.8) is 0 Å². The van der Waals surface area contributed by atoms with Gasteiger partial charge in [0.2, 0.25) is 0 Å². The fraction of sp³-hybridized carbons (Fsp3) is 0.467. The van der Waals surface area contributed by atoms with Gasteiger partial charge in [0.25, 0.3) is 11.8 Å². The zero-order valence-corrected chi connectivity index (χ0v) is 11.8. The van der Waals surface area contributed by atoms with Gasteiger partial charge in [-0.2, -0.15) is 0 Å². The normalized spacial score (nSPS) is 17.5. The molecule has 2 amide bonds. The fourth-order valence-electron chi connectivity index (χ4n) is 2.13. The molecule has 1 aliphatic rings. The quantitative estimate of drug-likeness (QED) is 0.680. The van der Waals surface area contributed by atoms with Gasteiger partial charge in [0.05, 0.1) is 0 Å². The molecule has 2 rings (SSSR count). The van der Waals surface area contributed by atoms with Crippen molar-refractivity contribution in [1.82, 2.24) is 5.32 Å². The minimum Gasteiger partial charge on any atom is -0.396 e. The minimum absolute atomic E-state index is 0.0394. The highest BCUT2D eigenvalue weighted by Gasteiger charge is 2.23. The van der Waals surface area contributed by atoms with Crippen molar-refractivity contribution in [3.8, 4) is 0 Å². The number of amides is 2. The number of benzene rings is 1. The Bertz CT molecular complexity index is 498. The minimum atomic E-state index is -0.396. The van der Waals surface area contributed by atoms with Crippen LogP contribution in [-0.2, 0) is 9.53 Å². The van der Waals surface area contributed by atoms with Gasteiger partial charge in [-0.05, 0) is 37.5 Å². The Morgan fingerprint density at radius 3 is 2.95 bits per heavy atom. The van der Waals surface area contributed by atoms with E-state index in [4.69, 9.17) is 9.84 Å². The smallest absolute Gasteiger partial charge is 0.253 e. The molecule has 0 aromatic heterocycles. The highest BCUT2D eigenvalue weighted by Crippen LogP contribution is 2.16. The van der Waals surface area contributed by atoms with Gasteiger partial charge < -0.3 is 20.5 Å². The average Bonchev–Trinajstić information content (AvgIpc) is 3.02. The molecule has 0 aliphatic carbocycles. The van der Waals surface area contributed by atoms with E-state index in [0.29, 0.717) is 30.8 Å². The maximum Gasteiger partial charge on any atom is 0.253 e. The van der Waals surface area contributed by atoms with Gasteiger partial charge in [0.1, 0.15) is 6.10 Å².